The molecule has 0 spiro atoms. The molecule has 1 atom stereocenters. The molecule has 0 amide bonds. The molecule has 1 aliphatic rings. The van der Waals surface area contributed by atoms with Crippen molar-refractivity contribution in [3.05, 3.63) is 0 Å². The molecule has 1 aliphatic carbocycles. The third-order valence-electron chi connectivity index (χ3n) is 3.47. The molecule has 0 saturated heterocycles. The average Bonchev–Trinajstić information content (AvgIpc) is 2.04. The summed E-state index contributed by atoms with van der Waals surface area (Å²) in [6, 6.07) is 0. The lowest BCUT2D eigenvalue weighted by Gasteiger charge is -2.30. The minimum Gasteiger partial charge on any atom is -0.300 e. The van der Waals surface area contributed by atoms with Gasteiger partial charge in [-0.3, -0.25) is 0 Å². The Morgan fingerprint density at radius 1 is 1.31 bits per heavy atom. The van der Waals surface area contributed by atoms with Gasteiger partial charge in [0.15, 0.2) is 0 Å². The maximum atomic E-state index is 11.0. The molecule has 1 saturated carbocycles. The zero-order valence-electron chi connectivity index (χ0n) is 9.18. The average molecular weight is 182 g/mol. The molecule has 0 aromatic carbocycles. The van der Waals surface area contributed by atoms with E-state index in [-0.39, 0.29) is 0 Å². The van der Waals surface area contributed by atoms with Crippen molar-refractivity contribution in [1.29, 1.82) is 0 Å². The molecular formula is C12H22O. The van der Waals surface area contributed by atoms with Gasteiger partial charge in [-0.1, -0.05) is 26.7 Å². The van der Waals surface area contributed by atoms with Gasteiger partial charge in [0.05, 0.1) is 0 Å². The first-order valence-electron chi connectivity index (χ1n) is 5.59. The van der Waals surface area contributed by atoms with Crippen LogP contribution < -0.4 is 0 Å². The molecule has 0 unspecified atom stereocenters. The Morgan fingerprint density at radius 2 is 1.85 bits per heavy atom. The summed E-state index contributed by atoms with van der Waals surface area (Å²) >= 11 is 0. The fourth-order valence-corrected chi connectivity index (χ4v) is 2.47. The van der Waals surface area contributed by atoms with Gasteiger partial charge in [-0.05, 0) is 37.5 Å². The van der Waals surface area contributed by atoms with Crippen LogP contribution in [-0.2, 0) is 4.79 Å². The van der Waals surface area contributed by atoms with Crippen LogP contribution in [0.2, 0.25) is 0 Å². The third-order valence-corrected chi connectivity index (χ3v) is 3.47. The number of Topliss-reactive ketones (excluding diaryl/α,β-unsaturated/α-hetero) is 1. The van der Waals surface area contributed by atoms with E-state index in [2.05, 4.69) is 13.8 Å². The van der Waals surface area contributed by atoms with Gasteiger partial charge in [-0.15, -0.1) is 0 Å². The molecule has 13 heavy (non-hydrogen) atoms. The molecular weight excluding hydrogens is 160 g/mol. The van der Waals surface area contributed by atoms with Crippen LogP contribution in [-0.4, -0.2) is 5.78 Å². The number of hydrogen-bond donors (Lipinski definition) is 0. The van der Waals surface area contributed by atoms with Crippen LogP contribution in [0.5, 0.6) is 0 Å². The lowest BCUT2D eigenvalue weighted by molar-refractivity contribution is -0.118. The smallest absolute Gasteiger partial charge is 0.130 e. The van der Waals surface area contributed by atoms with Gasteiger partial charge >= 0.3 is 0 Å². The van der Waals surface area contributed by atoms with E-state index >= 15 is 0 Å². The van der Waals surface area contributed by atoms with E-state index in [1.54, 1.807) is 6.92 Å². The first-order chi connectivity index (χ1) is 6.09. The molecule has 1 rings (SSSR count). The minimum atomic E-state index is 0.353. The number of hydrogen-bond acceptors (Lipinski definition) is 1. The molecule has 1 heteroatoms. The van der Waals surface area contributed by atoms with Gasteiger partial charge in [0.1, 0.15) is 5.78 Å². The van der Waals surface area contributed by atoms with Gasteiger partial charge in [-0.2, -0.15) is 0 Å². The Balaban J connectivity index is 2.31. The van der Waals surface area contributed by atoms with Gasteiger partial charge < -0.3 is 4.79 Å². The normalized spacial score (nSPS) is 31.3. The molecule has 0 aromatic heterocycles. The van der Waals surface area contributed by atoms with E-state index in [0.29, 0.717) is 11.7 Å². The summed E-state index contributed by atoms with van der Waals surface area (Å²) in [5.41, 5.74) is 0. The summed E-state index contributed by atoms with van der Waals surface area (Å²) in [5.74, 6) is 2.71. The van der Waals surface area contributed by atoms with Crippen molar-refractivity contribution >= 4 is 5.78 Å². The van der Waals surface area contributed by atoms with E-state index in [1.807, 2.05) is 0 Å². The van der Waals surface area contributed by atoms with Crippen LogP contribution in [0.15, 0.2) is 0 Å². The zero-order valence-corrected chi connectivity index (χ0v) is 9.18. The Bertz CT molecular complexity index is 166. The monoisotopic (exact) mass is 182 g/mol. The molecule has 0 radical (unpaired) electrons. The molecule has 0 N–H and O–H groups in total. The van der Waals surface area contributed by atoms with Crippen molar-refractivity contribution in [3.63, 3.8) is 0 Å². The number of carbonyl (C=O) groups is 1. The summed E-state index contributed by atoms with van der Waals surface area (Å²) in [5, 5.41) is 0. The fraction of sp³-hybridized carbons (Fsp3) is 0.917. The summed E-state index contributed by atoms with van der Waals surface area (Å²) < 4.78 is 0. The maximum Gasteiger partial charge on any atom is 0.130 e. The van der Waals surface area contributed by atoms with Crippen molar-refractivity contribution in [2.45, 2.75) is 52.9 Å². The highest BCUT2D eigenvalue weighted by molar-refractivity contribution is 5.75. The number of ketones is 1. The van der Waals surface area contributed by atoms with Crippen LogP contribution in [0.25, 0.3) is 0 Å². The second-order valence-electron chi connectivity index (χ2n) is 4.90. The van der Waals surface area contributed by atoms with Gasteiger partial charge in [-0.25, -0.2) is 0 Å². The van der Waals surface area contributed by atoms with E-state index < -0.39 is 0 Å². The largest absolute Gasteiger partial charge is 0.300 e. The molecule has 0 heterocycles. The first-order valence-corrected chi connectivity index (χ1v) is 5.59. The second-order valence-corrected chi connectivity index (χ2v) is 4.90. The van der Waals surface area contributed by atoms with Crippen molar-refractivity contribution in [1.82, 2.24) is 0 Å². The van der Waals surface area contributed by atoms with Crippen molar-refractivity contribution in [2.24, 2.45) is 17.8 Å². The summed E-state index contributed by atoms with van der Waals surface area (Å²) in [6.07, 6.45) is 6.21. The van der Waals surface area contributed by atoms with Gasteiger partial charge in [0.2, 0.25) is 0 Å². The summed E-state index contributed by atoms with van der Waals surface area (Å²) in [7, 11) is 0. The second kappa shape index (κ2) is 4.78. The van der Waals surface area contributed by atoms with Crippen molar-refractivity contribution in [3.8, 4) is 0 Å². The van der Waals surface area contributed by atoms with E-state index in [9.17, 15) is 4.79 Å². The first kappa shape index (κ1) is 10.7. The maximum absolute atomic E-state index is 11.0. The Kier molecular flexibility index (Phi) is 3.95. The standard InChI is InChI=1S/C12H22O/c1-9-4-6-12(7-5-9)10(2)8-11(3)13/h9-10,12H,4-8H2,1-3H3/t9?,10-,12?/m0/s1. The van der Waals surface area contributed by atoms with Crippen LogP contribution in [0.1, 0.15) is 52.9 Å². The number of rotatable bonds is 3. The topological polar surface area (TPSA) is 17.1 Å². The van der Waals surface area contributed by atoms with Crippen LogP contribution in [0.3, 0.4) is 0 Å². The fourth-order valence-electron chi connectivity index (χ4n) is 2.47. The van der Waals surface area contributed by atoms with Crippen LogP contribution >= 0.6 is 0 Å². The van der Waals surface area contributed by atoms with Gasteiger partial charge in [0, 0.05) is 6.42 Å². The SMILES string of the molecule is CC(=O)C[C@H](C)C1CCC(C)CC1. The Hall–Kier alpha value is -0.330. The van der Waals surface area contributed by atoms with E-state index in [1.165, 1.54) is 25.7 Å². The van der Waals surface area contributed by atoms with E-state index in [0.717, 1.165) is 18.3 Å². The summed E-state index contributed by atoms with van der Waals surface area (Å²) in [4.78, 5) is 11.0. The Morgan fingerprint density at radius 3 is 2.31 bits per heavy atom. The summed E-state index contributed by atoms with van der Waals surface area (Å²) in [6.45, 7) is 6.29. The van der Waals surface area contributed by atoms with Gasteiger partial charge in [0.25, 0.3) is 0 Å². The lowest BCUT2D eigenvalue weighted by Crippen LogP contribution is -2.20. The molecule has 1 nitrogen and oxygen atoms in total. The highest BCUT2D eigenvalue weighted by Crippen LogP contribution is 2.34. The molecule has 0 bridgehead atoms. The highest BCUT2D eigenvalue weighted by Gasteiger charge is 2.23. The highest BCUT2D eigenvalue weighted by atomic mass is 16.1. The molecule has 0 aromatic rings. The van der Waals surface area contributed by atoms with Crippen molar-refractivity contribution in [2.75, 3.05) is 0 Å². The minimum absolute atomic E-state index is 0.353. The lowest BCUT2D eigenvalue weighted by atomic mass is 9.75. The van der Waals surface area contributed by atoms with Crippen LogP contribution in [0, 0.1) is 17.8 Å². The molecule has 1 fully saturated rings. The number of carbonyl (C=O) groups excluding carboxylic acids is 1. The third kappa shape index (κ3) is 3.50. The van der Waals surface area contributed by atoms with Crippen LogP contribution in [0.4, 0.5) is 0 Å². The Labute approximate surface area is 81.9 Å². The van der Waals surface area contributed by atoms with Crippen molar-refractivity contribution < 1.29 is 4.79 Å². The van der Waals surface area contributed by atoms with E-state index in [4.69, 9.17) is 0 Å². The quantitative estimate of drug-likeness (QED) is 0.653. The molecule has 76 valence electrons. The zero-order chi connectivity index (χ0) is 9.84. The predicted molar refractivity (Wildman–Crippen MR) is 55.6 cm³/mol. The predicted octanol–water partition coefficient (Wildman–Crippen LogP) is 3.43. The molecule has 0 aliphatic heterocycles.